The van der Waals surface area contributed by atoms with Gasteiger partial charge in [0.1, 0.15) is 5.82 Å². The Labute approximate surface area is 159 Å². The van der Waals surface area contributed by atoms with Gasteiger partial charge in [0, 0.05) is 49.7 Å². The van der Waals surface area contributed by atoms with E-state index in [1.165, 1.54) is 11.8 Å². The zero-order valence-corrected chi connectivity index (χ0v) is 16.0. The zero-order valence-electron chi connectivity index (χ0n) is 16.0. The molecule has 1 spiro atoms. The second-order valence-electron chi connectivity index (χ2n) is 8.21. The summed E-state index contributed by atoms with van der Waals surface area (Å²) in [6.07, 6.45) is 3.74. The molecule has 0 radical (unpaired) electrons. The molecule has 0 atom stereocenters. The molecular formula is C21H28FN3O2. The number of aryl methyl sites for hydroxylation is 1. The molecule has 4 rings (SSSR count). The van der Waals surface area contributed by atoms with Crippen molar-refractivity contribution in [2.24, 2.45) is 12.5 Å². The van der Waals surface area contributed by atoms with Crippen LogP contribution in [0.2, 0.25) is 0 Å². The molecule has 1 amide bonds. The van der Waals surface area contributed by atoms with Gasteiger partial charge >= 0.3 is 0 Å². The maximum absolute atomic E-state index is 13.5. The van der Waals surface area contributed by atoms with Crippen LogP contribution in [0.25, 0.3) is 10.9 Å². The first-order valence-corrected chi connectivity index (χ1v) is 9.85. The fourth-order valence-corrected chi connectivity index (χ4v) is 4.78. The molecule has 0 saturated carbocycles. The first-order valence-electron chi connectivity index (χ1n) is 9.85. The second kappa shape index (κ2) is 7.24. The smallest absolute Gasteiger partial charge is 0.222 e. The molecule has 3 heterocycles. The highest BCUT2D eigenvalue weighted by molar-refractivity contribution is 5.81. The summed E-state index contributed by atoms with van der Waals surface area (Å²) < 4.78 is 15.6. The number of aliphatic hydroxyl groups excluding tert-OH is 1. The molecular weight excluding hydrogens is 345 g/mol. The molecule has 2 aliphatic heterocycles. The summed E-state index contributed by atoms with van der Waals surface area (Å²) in [6, 6.07) is 7.04. The van der Waals surface area contributed by atoms with E-state index in [0.29, 0.717) is 13.0 Å². The molecule has 0 aliphatic carbocycles. The van der Waals surface area contributed by atoms with Crippen LogP contribution in [0, 0.1) is 11.2 Å². The summed E-state index contributed by atoms with van der Waals surface area (Å²) in [5.41, 5.74) is 2.47. The topological polar surface area (TPSA) is 48.7 Å². The van der Waals surface area contributed by atoms with Crippen molar-refractivity contribution in [3.63, 3.8) is 0 Å². The monoisotopic (exact) mass is 373 g/mol. The van der Waals surface area contributed by atoms with Crippen molar-refractivity contribution < 1.29 is 14.3 Å². The van der Waals surface area contributed by atoms with E-state index < -0.39 is 0 Å². The van der Waals surface area contributed by atoms with Gasteiger partial charge in [-0.3, -0.25) is 9.69 Å². The van der Waals surface area contributed by atoms with Crippen molar-refractivity contribution in [1.29, 1.82) is 0 Å². The maximum atomic E-state index is 13.5. The lowest BCUT2D eigenvalue weighted by molar-refractivity contribution is -0.139. The Kier molecular flexibility index (Phi) is 4.95. The average molecular weight is 373 g/mol. The van der Waals surface area contributed by atoms with Crippen LogP contribution in [0.1, 0.15) is 31.4 Å². The van der Waals surface area contributed by atoms with Crippen LogP contribution < -0.4 is 0 Å². The summed E-state index contributed by atoms with van der Waals surface area (Å²) in [5, 5.41) is 10.2. The molecule has 0 unspecified atom stereocenters. The first-order chi connectivity index (χ1) is 13.0. The van der Waals surface area contributed by atoms with Crippen LogP contribution in [0.3, 0.4) is 0 Å². The third-order valence-corrected chi connectivity index (χ3v) is 6.52. The number of benzene rings is 1. The lowest BCUT2D eigenvalue weighted by atomic mass is 9.72. The van der Waals surface area contributed by atoms with Gasteiger partial charge in [-0.05, 0) is 62.0 Å². The van der Waals surface area contributed by atoms with Crippen molar-refractivity contribution in [3.8, 4) is 0 Å². The predicted molar refractivity (Wildman–Crippen MR) is 103 cm³/mol. The summed E-state index contributed by atoms with van der Waals surface area (Å²) >= 11 is 0. The van der Waals surface area contributed by atoms with Crippen LogP contribution in [0.4, 0.5) is 4.39 Å². The van der Waals surface area contributed by atoms with Crippen LogP contribution in [0.5, 0.6) is 0 Å². The predicted octanol–water partition coefficient (Wildman–Crippen LogP) is 2.51. The van der Waals surface area contributed by atoms with E-state index in [9.17, 15) is 14.3 Å². The standard InChI is InChI=1S/C21H28FN3O2/c1-23-18(13-16-12-17(22)2-3-19(16)23)14-24-8-6-21(7-9-24)5-4-20(27)25(15-21)10-11-26/h2-3,12-13,26H,4-11,14-15H2,1H3. The minimum absolute atomic E-state index is 0.0373. The van der Waals surface area contributed by atoms with Gasteiger partial charge in [0.2, 0.25) is 5.91 Å². The number of carbonyl (C=O) groups excluding carboxylic acids is 1. The molecule has 27 heavy (non-hydrogen) atoms. The third kappa shape index (κ3) is 3.60. The van der Waals surface area contributed by atoms with Gasteiger partial charge in [-0.1, -0.05) is 0 Å². The van der Waals surface area contributed by atoms with E-state index in [-0.39, 0.29) is 23.7 Å². The number of nitrogens with zero attached hydrogens (tertiary/aromatic N) is 3. The molecule has 2 aliphatic rings. The average Bonchev–Trinajstić information content (AvgIpc) is 2.95. The van der Waals surface area contributed by atoms with Crippen molar-refractivity contribution >= 4 is 16.8 Å². The van der Waals surface area contributed by atoms with Gasteiger partial charge in [0.15, 0.2) is 0 Å². The fraction of sp³-hybridized carbons (Fsp3) is 0.571. The Morgan fingerprint density at radius 1 is 1.19 bits per heavy atom. The number of β-amino-alcohol motifs (C(OH)–C–C–N with tert-alkyl or cyclic N) is 1. The molecule has 1 aromatic carbocycles. The number of carbonyl (C=O) groups is 1. The van der Waals surface area contributed by atoms with Gasteiger partial charge in [-0.2, -0.15) is 0 Å². The minimum atomic E-state index is -0.196. The van der Waals surface area contributed by atoms with Crippen LogP contribution >= 0.6 is 0 Å². The van der Waals surface area contributed by atoms with Crippen LogP contribution in [0.15, 0.2) is 24.3 Å². The van der Waals surface area contributed by atoms with Crippen molar-refractivity contribution in [1.82, 2.24) is 14.4 Å². The van der Waals surface area contributed by atoms with Crippen molar-refractivity contribution in [2.45, 2.75) is 32.2 Å². The van der Waals surface area contributed by atoms with Crippen molar-refractivity contribution in [3.05, 3.63) is 35.8 Å². The highest BCUT2D eigenvalue weighted by atomic mass is 19.1. The molecule has 2 fully saturated rings. The number of likely N-dealkylation sites (tertiary alicyclic amines) is 2. The number of hydrogen-bond donors (Lipinski definition) is 1. The van der Waals surface area contributed by atoms with Crippen LogP contribution in [-0.2, 0) is 18.4 Å². The lowest BCUT2D eigenvalue weighted by Crippen LogP contribution is -2.51. The molecule has 2 aromatic rings. The van der Waals surface area contributed by atoms with E-state index >= 15 is 0 Å². The molecule has 5 nitrogen and oxygen atoms in total. The third-order valence-electron chi connectivity index (χ3n) is 6.52. The Bertz CT molecular complexity index is 839. The molecule has 1 aromatic heterocycles. The van der Waals surface area contributed by atoms with Gasteiger partial charge in [-0.25, -0.2) is 4.39 Å². The number of hydrogen-bond acceptors (Lipinski definition) is 3. The summed E-state index contributed by atoms with van der Waals surface area (Å²) in [7, 11) is 2.04. The minimum Gasteiger partial charge on any atom is -0.395 e. The highest BCUT2D eigenvalue weighted by Gasteiger charge is 2.40. The largest absolute Gasteiger partial charge is 0.395 e. The number of halogens is 1. The molecule has 2 saturated heterocycles. The van der Waals surface area contributed by atoms with E-state index in [1.807, 2.05) is 18.0 Å². The van der Waals surface area contributed by atoms with E-state index in [2.05, 4.69) is 15.5 Å². The number of amides is 1. The van der Waals surface area contributed by atoms with Gasteiger partial charge in [0.25, 0.3) is 0 Å². The van der Waals surface area contributed by atoms with Gasteiger partial charge in [-0.15, -0.1) is 0 Å². The maximum Gasteiger partial charge on any atom is 0.222 e. The fourth-order valence-electron chi connectivity index (χ4n) is 4.78. The van der Waals surface area contributed by atoms with Crippen LogP contribution in [-0.4, -0.2) is 58.2 Å². The van der Waals surface area contributed by atoms with Gasteiger partial charge < -0.3 is 14.6 Å². The zero-order chi connectivity index (χ0) is 19.0. The quantitative estimate of drug-likeness (QED) is 0.896. The molecule has 146 valence electrons. The number of fused-ring (bicyclic) bond motifs is 1. The number of aliphatic hydroxyl groups is 1. The Balaban J connectivity index is 1.41. The number of aromatic nitrogens is 1. The van der Waals surface area contributed by atoms with E-state index in [0.717, 1.165) is 56.3 Å². The van der Waals surface area contributed by atoms with Gasteiger partial charge in [0.05, 0.1) is 6.61 Å². The number of rotatable bonds is 4. The number of piperidine rings is 2. The van der Waals surface area contributed by atoms with E-state index in [1.54, 1.807) is 6.07 Å². The first kappa shape index (κ1) is 18.4. The molecule has 0 bridgehead atoms. The Hall–Kier alpha value is -1.92. The van der Waals surface area contributed by atoms with Crippen molar-refractivity contribution in [2.75, 3.05) is 32.8 Å². The Morgan fingerprint density at radius 3 is 2.70 bits per heavy atom. The Morgan fingerprint density at radius 2 is 1.96 bits per heavy atom. The lowest BCUT2D eigenvalue weighted by Gasteiger charge is -2.47. The summed E-state index contributed by atoms with van der Waals surface area (Å²) in [4.78, 5) is 16.3. The SMILES string of the molecule is Cn1c(CN2CCC3(CCC(=O)N(CCO)C3)CC2)cc2cc(F)ccc21. The normalized spacial score (nSPS) is 20.7. The molecule has 1 N–H and O–H groups in total. The highest BCUT2D eigenvalue weighted by Crippen LogP contribution is 2.40. The second-order valence-corrected chi connectivity index (χ2v) is 8.21. The van der Waals surface area contributed by atoms with E-state index in [4.69, 9.17) is 0 Å². The molecule has 6 heteroatoms. The summed E-state index contributed by atoms with van der Waals surface area (Å²) in [6.45, 7) is 4.16. The summed E-state index contributed by atoms with van der Waals surface area (Å²) in [5.74, 6) is -0.0151.